The molecule has 0 aliphatic carbocycles. The quantitative estimate of drug-likeness (QED) is 0.864. The van der Waals surface area contributed by atoms with Crippen molar-refractivity contribution in [3.63, 3.8) is 0 Å². The molecule has 1 aliphatic heterocycles. The standard InChI is InChI=1S/C16H22FNO3S/c1-16(2,10-22)12-9-13(17)11(8-14(12)20-3)15(19)18-4-6-21-7-5-18/h8-9,22H,4-7,10H2,1-3H3. The molecule has 1 aliphatic rings. The number of carbonyl (C=O) groups excluding carboxylic acids is 1. The van der Waals surface area contributed by atoms with E-state index in [4.69, 9.17) is 9.47 Å². The van der Waals surface area contributed by atoms with E-state index in [-0.39, 0.29) is 16.9 Å². The summed E-state index contributed by atoms with van der Waals surface area (Å²) in [5.41, 5.74) is 0.397. The van der Waals surface area contributed by atoms with Gasteiger partial charge in [0.1, 0.15) is 11.6 Å². The van der Waals surface area contributed by atoms with Crippen LogP contribution >= 0.6 is 12.6 Å². The number of carbonyl (C=O) groups is 1. The van der Waals surface area contributed by atoms with E-state index in [0.29, 0.717) is 43.4 Å². The predicted octanol–water partition coefficient (Wildman–Crippen LogP) is 2.51. The van der Waals surface area contributed by atoms with Gasteiger partial charge < -0.3 is 14.4 Å². The molecule has 0 atom stereocenters. The molecule has 0 saturated carbocycles. The molecule has 4 nitrogen and oxygen atoms in total. The first kappa shape index (κ1) is 17.1. The van der Waals surface area contributed by atoms with Crippen molar-refractivity contribution in [3.05, 3.63) is 29.1 Å². The van der Waals surface area contributed by atoms with Crippen molar-refractivity contribution < 1.29 is 18.7 Å². The molecule has 22 heavy (non-hydrogen) atoms. The van der Waals surface area contributed by atoms with E-state index >= 15 is 0 Å². The summed E-state index contributed by atoms with van der Waals surface area (Å²) in [6.07, 6.45) is 0. The summed E-state index contributed by atoms with van der Waals surface area (Å²) in [6.45, 7) is 5.83. The molecule has 1 heterocycles. The lowest BCUT2D eigenvalue weighted by molar-refractivity contribution is 0.0299. The summed E-state index contributed by atoms with van der Waals surface area (Å²) in [4.78, 5) is 14.1. The number of rotatable bonds is 4. The van der Waals surface area contributed by atoms with Crippen LogP contribution in [0.1, 0.15) is 29.8 Å². The van der Waals surface area contributed by atoms with Crippen LogP contribution in [0.3, 0.4) is 0 Å². The summed E-state index contributed by atoms with van der Waals surface area (Å²) in [6, 6.07) is 2.89. The summed E-state index contributed by atoms with van der Waals surface area (Å²) in [5.74, 6) is 0.202. The summed E-state index contributed by atoms with van der Waals surface area (Å²) < 4.78 is 25.1. The first-order chi connectivity index (χ1) is 10.4. The van der Waals surface area contributed by atoms with E-state index in [2.05, 4.69) is 12.6 Å². The zero-order chi connectivity index (χ0) is 16.3. The number of benzene rings is 1. The summed E-state index contributed by atoms with van der Waals surface area (Å²) in [7, 11) is 1.52. The number of hydrogen-bond acceptors (Lipinski definition) is 4. The maximum absolute atomic E-state index is 14.5. The minimum absolute atomic E-state index is 0.0393. The van der Waals surface area contributed by atoms with Crippen molar-refractivity contribution in [1.29, 1.82) is 0 Å². The molecule has 0 unspecified atom stereocenters. The Kier molecular flexibility index (Phi) is 5.34. The fourth-order valence-electron chi connectivity index (χ4n) is 2.44. The van der Waals surface area contributed by atoms with Gasteiger partial charge in [-0.2, -0.15) is 12.6 Å². The molecule has 0 spiro atoms. The van der Waals surface area contributed by atoms with Crippen LogP contribution in [0.2, 0.25) is 0 Å². The van der Waals surface area contributed by atoms with Gasteiger partial charge in [0, 0.05) is 24.1 Å². The van der Waals surface area contributed by atoms with Crippen LogP contribution < -0.4 is 4.74 Å². The Hall–Kier alpha value is -1.27. The van der Waals surface area contributed by atoms with Crippen LogP contribution in [0.25, 0.3) is 0 Å². The van der Waals surface area contributed by atoms with Crippen molar-refractivity contribution in [2.75, 3.05) is 39.2 Å². The zero-order valence-electron chi connectivity index (χ0n) is 13.2. The first-order valence-corrected chi connectivity index (χ1v) is 7.90. The molecule has 0 aromatic heterocycles. The number of ether oxygens (including phenoxy) is 2. The second-order valence-electron chi connectivity index (χ2n) is 5.98. The monoisotopic (exact) mass is 327 g/mol. The Morgan fingerprint density at radius 3 is 2.59 bits per heavy atom. The molecule has 0 bridgehead atoms. The van der Waals surface area contributed by atoms with Crippen LogP contribution in [0.15, 0.2) is 12.1 Å². The van der Waals surface area contributed by atoms with Crippen molar-refractivity contribution in [3.8, 4) is 5.75 Å². The van der Waals surface area contributed by atoms with Gasteiger partial charge in [0.25, 0.3) is 5.91 Å². The molecule has 1 fully saturated rings. The number of nitrogens with zero attached hydrogens (tertiary/aromatic N) is 1. The van der Waals surface area contributed by atoms with E-state index in [1.165, 1.54) is 19.2 Å². The number of halogens is 1. The second kappa shape index (κ2) is 6.87. The van der Waals surface area contributed by atoms with Crippen molar-refractivity contribution in [1.82, 2.24) is 4.90 Å². The lowest BCUT2D eigenvalue weighted by atomic mass is 9.85. The third-order valence-electron chi connectivity index (χ3n) is 3.94. The Balaban J connectivity index is 2.39. The van der Waals surface area contributed by atoms with Crippen molar-refractivity contribution in [2.45, 2.75) is 19.3 Å². The molecule has 0 N–H and O–H groups in total. The second-order valence-corrected chi connectivity index (χ2v) is 6.30. The highest BCUT2D eigenvalue weighted by Crippen LogP contribution is 2.34. The Morgan fingerprint density at radius 2 is 2.05 bits per heavy atom. The molecule has 122 valence electrons. The van der Waals surface area contributed by atoms with Crippen LogP contribution in [0.5, 0.6) is 5.75 Å². The van der Waals surface area contributed by atoms with Crippen LogP contribution in [0.4, 0.5) is 4.39 Å². The zero-order valence-corrected chi connectivity index (χ0v) is 14.1. The van der Waals surface area contributed by atoms with Crippen LogP contribution in [-0.4, -0.2) is 50.0 Å². The highest BCUT2D eigenvalue weighted by molar-refractivity contribution is 7.80. The number of hydrogen-bond donors (Lipinski definition) is 1. The van der Waals surface area contributed by atoms with Gasteiger partial charge in [-0.3, -0.25) is 4.79 Å². The Morgan fingerprint density at radius 1 is 1.41 bits per heavy atom. The maximum atomic E-state index is 14.5. The molecule has 6 heteroatoms. The molecule has 0 radical (unpaired) electrons. The first-order valence-electron chi connectivity index (χ1n) is 7.26. The van der Waals surface area contributed by atoms with Crippen LogP contribution in [-0.2, 0) is 10.2 Å². The van der Waals surface area contributed by atoms with Crippen LogP contribution in [0, 0.1) is 5.82 Å². The smallest absolute Gasteiger partial charge is 0.257 e. The molecule has 1 aromatic rings. The third kappa shape index (κ3) is 3.38. The molecular weight excluding hydrogens is 305 g/mol. The van der Waals surface area contributed by atoms with Gasteiger partial charge in [0.15, 0.2) is 0 Å². The summed E-state index contributed by atoms with van der Waals surface area (Å²) in [5, 5.41) is 0. The van der Waals surface area contributed by atoms with E-state index < -0.39 is 5.82 Å². The number of methoxy groups -OCH3 is 1. The normalized spacial score (nSPS) is 15.8. The maximum Gasteiger partial charge on any atom is 0.257 e. The molecular formula is C16H22FNO3S. The average Bonchev–Trinajstić information content (AvgIpc) is 2.54. The fraction of sp³-hybridized carbons (Fsp3) is 0.562. The van der Waals surface area contributed by atoms with Gasteiger partial charge in [-0.25, -0.2) is 4.39 Å². The predicted molar refractivity (Wildman–Crippen MR) is 86.6 cm³/mol. The Labute approximate surface area is 136 Å². The fourth-order valence-corrected chi connectivity index (χ4v) is 2.61. The lowest BCUT2D eigenvalue weighted by Crippen LogP contribution is -2.41. The van der Waals surface area contributed by atoms with E-state index in [9.17, 15) is 9.18 Å². The van der Waals surface area contributed by atoms with E-state index in [1.807, 2.05) is 13.8 Å². The molecule has 1 aromatic carbocycles. The lowest BCUT2D eigenvalue weighted by Gasteiger charge is -2.28. The molecule has 1 saturated heterocycles. The Bertz CT molecular complexity index is 557. The van der Waals surface area contributed by atoms with Gasteiger partial charge >= 0.3 is 0 Å². The SMILES string of the molecule is COc1cc(C(=O)N2CCOCC2)c(F)cc1C(C)(C)CS. The minimum Gasteiger partial charge on any atom is -0.496 e. The third-order valence-corrected chi connectivity index (χ3v) is 4.73. The van der Waals surface area contributed by atoms with E-state index in [0.717, 1.165) is 0 Å². The highest BCUT2D eigenvalue weighted by atomic mass is 32.1. The topological polar surface area (TPSA) is 38.8 Å². The van der Waals surface area contributed by atoms with Crippen molar-refractivity contribution in [2.24, 2.45) is 0 Å². The van der Waals surface area contributed by atoms with Crippen molar-refractivity contribution >= 4 is 18.5 Å². The number of morpholine rings is 1. The molecule has 2 rings (SSSR count). The van der Waals surface area contributed by atoms with Gasteiger partial charge in [0.05, 0.1) is 25.9 Å². The molecule has 1 amide bonds. The van der Waals surface area contributed by atoms with Gasteiger partial charge in [-0.15, -0.1) is 0 Å². The van der Waals surface area contributed by atoms with E-state index in [1.54, 1.807) is 4.90 Å². The number of amides is 1. The van der Waals surface area contributed by atoms with Gasteiger partial charge in [-0.05, 0) is 17.9 Å². The average molecular weight is 327 g/mol. The largest absolute Gasteiger partial charge is 0.496 e. The highest BCUT2D eigenvalue weighted by Gasteiger charge is 2.28. The van der Waals surface area contributed by atoms with Gasteiger partial charge in [-0.1, -0.05) is 13.8 Å². The minimum atomic E-state index is -0.526. The van der Waals surface area contributed by atoms with Gasteiger partial charge in [0.2, 0.25) is 0 Å². The summed E-state index contributed by atoms with van der Waals surface area (Å²) >= 11 is 4.32. The number of thiol groups is 1.